The van der Waals surface area contributed by atoms with Crippen LogP contribution in [0.2, 0.25) is 0 Å². The van der Waals surface area contributed by atoms with E-state index in [2.05, 4.69) is 10.6 Å². The van der Waals surface area contributed by atoms with Crippen molar-refractivity contribution in [3.8, 4) is 11.1 Å². The first-order valence-corrected chi connectivity index (χ1v) is 9.91. The van der Waals surface area contributed by atoms with E-state index in [-0.39, 0.29) is 30.0 Å². The van der Waals surface area contributed by atoms with Gasteiger partial charge in [0, 0.05) is 23.1 Å². The Morgan fingerprint density at radius 2 is 1.89 bits per heavy atom. The minimum absolute atomic E-state index is 0.200. The molecule has 1 fully saturated rings. The number of benzene rings is 1. The molecule has 0 bridgehead atoms. The van der Waals surface area contributed by atoms with E-state index in [1.54, 1.807) is 5.38 Å². The van der Waals surface area contributed by atoms with Crippen LogP contribution >= 0.6 is 11.3 Å². The van der Waals surface area contributed by atoms with Gasteiger partial charge in [-0.05, 0) is 32.3 Å². The van der Waals surface area contributed by atoms with Crippen LogP contribution in [0.3, 0.4) is 0 Å². The second-order valence-corrected chi connectivity index (χ2v) is 7.73. The number of allylic oxidation sites excluding steroid dienone is 1. The molecule has 0 radical (unpaired) electrons. The third-order valence-electron chi connectivity index (χ3n) is 4.01. The molecule has 1 aliphatic rings. The molecule has 1 aromatic heterocycles. The minimum Gasteiger partial charge on any atom is -0.452 e. The Balaban J connectivity index is 1.83. The summed E-state index contributed by atoms with van der Waals surface area (Å²) >= 11 is 1.25. The van der Waals surface area contributed by atoms with E-state index in [9.17, 15) is 14.4 Å². The van der Waals surface area contributed by atoms with Crippen molar-refractivity contribution < 1.29 is 19.1 Å². The van der Waals surface area contributed by atoms with Crippen molar-refractivity contribution in [2.45, 2.75) is 32.7 Å². The van der Waals surface area contributed by atoms with Crippen LogP contribution in [0.25, 0.3) is 11.1 Å². The Bertz CT molecular complexity index is 910. The van der Waals surface area contributed by atoms with Gasteiger partial charge in [-0.15, -0.1) is 11.3 Å². The maximum absolute atomic E-state index is 12.8. The molecule has 1 heterocycles. The number of rotatable bonds is 7. The summed E-state index contributed by atoms with van der Waals surface area (Å²) < 4.78 is 5.23. The zero-order valence-electron chi connectivity index (χ0n) is 15.8. The van der Waals surface area contributed by atoms with E-state index in [1.807, 2.05) is 44.2 Å². The average Bonchev–Trinajstić information content (AvgIpc) is 3.37. The highest BCUT2D eigenvalue weighted by molar-refractivity contribution is 7.15. The zero-order valence-corrected chi connectivity index (χ0v) is 16.6. The number of hydrogen-bond acceptors (Lipinski definition) is 5. The molecular weight excluding hydrogens is 376 g/mol. The molecule has 1 aliphatic carbocycles. The van der Waals surface area contributed by atoms with Gasteiger partial charge in [0.05, 0.1) is 0 Å². The summed E-state index contributed by atoms with van der Waals surface area (Å²) in [4.78, 5) is 36.8. The number of nitrogens with one attached hydrogen (secondary N) is 2. The van der Waals surface area contributed by atoms with Crippen LogP contribution < -0.4 is 10.6 Å². The second-order valence-electron chi connectivity index (χ2n) is 6.85. The van der Waals surface area contributed by atoms with Crippen LogP contribution in [-0.4, -0.2) is 30.4 Å². The molecule has 1 saturated carbocycles. The topological polar surface area (TPSA) is 84.5 Å². The van der Waals surface area contributed by atoms with Gasteiger partial charge < -0.3 is 15.4 Å². The number of anilines is 1. The summed E-state index contributed by atoms with van der Waals surface area (Å²) in [6.07, 6.45) is 3.38. The van der Waals surface area contributed by atoms with Gasteiger partial charge >= 0.3 is 5.97 Å². The second kappa shape index (κ2) is 8.84. The molecule has 6 nitrogen and oxygen atoms in total. The molecule has 146 valence electrons. The molecule has 3 rings (SSSR count). The minimum atomic E-state index is -0.640. The summed E-state index contributed by atoms with van der Waals surface area (Å²) in [5.74, 6) is -1.27. The fourth-order valence-electron chi connectivity index (χ4n) is 2.59. The molecule has 0 aliphatic heterocycles. The van der Waals surface area contributed by atoms with Crippen LogP contribution in [0.5, 0.6) is 0 Å². The van der Waals surface area contributed by atoms with Crippen molar-refractivity contribution in [2.75, 3.05) is 11.9 Å². The Kier molecular flexibility index (Phi) is 6.26. The number of carbonyl (C=O) groups excluding carboxylic acids is 3. The Labute approximate surface area is 167 Å². The Hall–Kier alpha value is -2.93. The van der Waals surface area contributed by atoms with Gasteiger partial charge in [-0.1, -0.05) is 35.9 Å². The number of thiophene rings is 1. The zero-order chi connectivity index (χ0) is 20.1. The number of ether oxygens (including phenoxy) is 1. The molecule has 28 heavy (non-hydrogen) atoms. The van der Waals surface area contributed by atoms with Gasteiger partial charge in [-0.25, -0.2) is 4.79 Å². The summed E-state index contributed by atoms with van der Waals surface area (Å²) in [5, 5.41) is 7.72. The maximum atomic E-state index is 12.8. The van der Waals surface area contributed by atoms with Gasteiger partial charge in [0.15, 0.2) is 6.61 Å². The van der Waals surface area contributed by atoms with E-state index in [0.29, 0.717) is 10.6 Å². The lowest BCUT2D eigenvalue weighted by atomic mass is 10.0. The van der Waals surface area contributed by atoms with E-state index >= 15 is 0 Å². The fraction of sp³-hybridized carbons (Fsp3) is 0.286. The predicted octanol–water partition coefficient (Wildman–Crippen LogP) is 3.76. The summed E-state index contributed by atoms with van der Waals surface area (Å²) in [5.41, 5.74) is 2.59. The lowest BCUT2D eigenvalue weighted by Crippen LogP contribution is -2.30. The van der Waals surface area contributed by atoms with Crippen LogP contribution in [0.15, 0.2) is 47.4 Å². The van der Waals surface area contributed by atoms with Crippen molar-refractivity contribution in [3.63, 3.8) is 0 Å². The summed E-state index contributed by atoms with van der Waals surface area (Å²) in [6.45, 7) is 3.29. The molecular formula is C21H22N2O4S. The van der Waals surface area contributed by atoms with Crippen molar-refractivity contribution in [2.24, 2.45) is 0 Å². The summed E-state index contributed by atoms with van der Waals surface area (Å²) in [7, 11) is 0. The molecule has 0 saturated heterocycles. The number of esters is 1. The smallest absolute Gasteiger partial charge is 0.342 e. The predicted molar refractivity (Wildman–Crippen MR) is 109 cm³/mol. The van der Waals surface area contributed by atoms with Gasteiger partial charge in [-0.3, -0.25) is 9.59 Å². The van der Waals surface area contributed by atoms with Crippen LogP contribution in [-0.2, 0) is 14.3 Å². The number of hydrogen-bond donors (Lipinski definition) is 2. The monoisotopic (exact) mass is 398 g/mol. The summed E-state index contributed by atoms with van der Waals surface area (Å²) in [6, 6.07) is 9.57. The van der Waals surface area contributed by atoms with Crippen molar-refractivity contribution in [1.29, 1.82) is 0 Å². The van der Waals surface area contributed by atoms with Gasteiger partial charge in [0.25, 0.3) is 5.91 Å². The normalized spacial score (nSPS) is 12.8. The van der Waals surface area contributed by atoms with Crippen molar-refractivity contribution in [3.05, 3.63) is 52.9 Å². The molecule has 1 aromatic carbocycles. The lowest BCUT2D eigenvalue weighted by molar-refractivity contribution is -0.124. The molecule has 0 unspecified atom stereocenters. The largest absolute Gasteiger partial charge is 0.452 e. The first kappa shape index (κ1) is 19.8. The van der Waals surface area contributed by atoms with E-state index in [4.69, 9.17) is 4.74 Å². The van der Waals surface area contributed by atoms with E-state index in [1.165, 1.54) is 17.4 Å². The van der Waals surface area contributed by atoms with Gasteiger partial charge in [0.2, 0.25) is 5.91 Å². The maximum Gasteiger partial charge on any atom is 0.342 e. The third kappa shape index (κ3) is 5.29. The van der Waals surface area contributed by atoms with E-state index in [0.717, 1.165) is 24.0 Å². The molecule has 2 N–H and O–H groups in total. The number of amides is 2. The van der Waals surface area contributed by atoms with Crippen LogP contribution in [0.1, 0.15) is 37.0 Å². The van der Waals surface area contributed by atoms with E-state index < -0.39 is 5.97 Å². The molecule has 0 spiro atoms. The first-order valence-electron chi connectivity index (χ1n) is 9.03. The molecule has 2 aromatic rings. The third-order valence-corrected chi connectivity index (χ3v) is 4.91. The molecule has 0 atom stereocenters. The van der Waals surface area contributed by atoms with Gasteiger partial charge in [-0.2, -0.15) is 0 Å². The fourth-order valence-corrected chi connectivity index (χ4v) is 3.55. The SMILES string of the molecule is CC(C)=CC(=O)Nc1scc(-c2ccccc2)c1C(=O)OCC(=O)NC1CC1. The Morgan fingerprint density at radius 3 is 2.54 bits per heavy atom. The molecule has 7 heteroatoms. The quantitative estimate of drug-likeness (QED) is 0.549. The van der Waals surface area contributed by atoms with Crippen LogP contribution in [0.4, 0.5) is 5.00 Å². The lowest BCUT2D eigenvalue weighted by Gasteiger charge is -2.09. The molecule has 2 amide bonds. The Morgan fingerprint density at radius 1 is 1.18 bits per heavy atom. The van der Waals surface area contributed by atoms with Gasteiger partial charge in [0.1, 0.15) is 10.6 Å². The highest BCUT2D eigenvalue weighted by atomic mass is 32.1. The number of carbonyl (C=O) groups is 3. The standard InChI is InChI=1S/C21H22N2O4S/c1-13(2)10-17(24)23-20-19(16(12-28-20)14-6-4-3-5-7-14)21(26)27-11-18(25)22-15-8-9-15/h3-7,10,12,15H,8-9,11H2,1-2H3,(H,22,25)(H,23,24). The first-order chi connectivity index (χ1) is 13.4. The van der Waals surface area contributed by atoms with Crippen LogP contribution in [0, 0.1) is 0 Å². The van der Waals surface area contributed by atoms with Crippen molar-refractivity contribution >= 4 is 34.1 Å². The van der Waals surface area contributed by atoms with Crippen molar-refractivity contribution in [1.82, 2.24) is 5.32 Å². The highest BCUT2D eigenvalue weighted by Crippen LogP contribution is 2.36. The average molecular weight is 398 g/mol. The highest BCUT2D eigenvalue weighted by Gasteiger charge is 2.26.